The average Bonchev–Trinajstić information content (AvgIpc) is 3.01. The van der Waals surface area contributed by atoms with Crippen molar-refractivity contribution in [3.05, 3.63) is 83.6 Å². The number of nitrogens with one attached hydrogen (secondary N) is 2. The minimum Gasteiger partial charge on any atom is -0.416 e. The van der Waals surface area contributed by atoms with Crippen molar-refractivity contribution in [1.82, 2.24) is 20.4 Å². The quantitative estimate of drug-likeness (QED) is 0.313. The molecule has 4 amide bonds. The van der Waals surface area contributed by atoms with Gasteiger partial charge in [-0.2, -0.15) is 0 Å². The first kappa shape index (κ1) is 35.3. The molecule has 45 heavy (non-hydrogen) atoms. The van der Waals surface area contributed by atoms with Crippen molar-refractivity contribution in [1.29, 1.82) is 0 Å². The molecule has 244 valence electrons. The summed E-state index contributed by atoms with van der Waals surface area (Å²) in [5.41, 5.74) is 3.23. The van der Waals surface area contributed by atoms with Gasteiger partial charge in [-0.15, -0.1) is 0 Å². The van der Waals surface area contributed by atoms with E-state index in [2.05, 4.69) is 23.3 Å². The van der Waals surface area contributed by atoms with Gasteiger partial charge >= 0.3 is 6.09 Å². The third kappa shape index (κ3) is 9.41. The van der Waals surface area contributed by atoms with Gasteiger partial charge in [0.2, 0.25) is 17.7 Å². The summed E-state index contributed by atoms with van der Waals surface area (Å²) in [5, 5.41) is 5.99. The number of hydrogen-bond acceptors (Lipinski definition) is 6. The fourth-order valence-corrected chi connectivity index (χ4v) is 5.46. The highest BCUT2D eigenvalue weighted by Gasteiger charge is 2.39. The molecule has 2 aromatic carbocycles. The van der Waals surface area contributed by atoms with Crippen LogP contribution < -0.4 is 10.6 Å². The molecule has 2 aromatic rings. The molecule has 0 saturated heterocycles. The molecule has 0 aliphatic heterocycles. The number of nitrogens with zero attached hydrogens (tertiary/aromatic N) is 2. The predicted octanol–water partition coefficient (Wildman–Crippen LogP) is 4.74. The number of allylic oxidation sites excluding steroid dienone is 1. The van der Waals surface area contributed by atoms with Crippen molar-refractivity contribution < 1.29 is 28.7 Å². The molecule has 0 fully saturated rings. The van der Waals surface area contributed by atoms with E-state index in [0.717, 1.165) is 35.3 Å². The zero-order valence-electron chi connectivity index (χ0n) is 27.5. The van der Waals surface area contributed by atoms with Gasteiger partial charge in [0.05, 0.1) is 24.5 Å². The van der Waals surface area contributed by atoms with Gasteiger partial charge in [0, 0.05) is 14.1 Å². The maximum Gasteiger partial charge on any atom is 0.415 e. The molecule has 0 bridgehead atoms. The monoisotopic (exact) mass is 620 g/mol. The van der Waals surface area contributed by atoms with Gasteiger partial charge in [-0.25, -0.2) is 4.79 Å². The Labute approximate surface area is 267 Å². The number of fused-ring (bicyclic) bond motifs is 1. The van der Waals surface area contributed by atoms with E-state index in [9.17, 15) is 19.2 Å². The van der Waals surface area contributed by atoms with Crippen LogP contribution in [0.5, 0.6) is 0 Å². The second kappa shape index (κ2) is 16.2. The van der Waals surface area contributed by atoms with Crippen LogP contribution in [0.1, 0.15) is 70.2 Å². The Morgan fingerprint density at radius 3 is 2.22 bits per heavy atom. The van der Waals surface area contributed by atoms with Crippen LogP contribution in [0.2, 0.25) is 0 Å². The smallest absolute Gasteiger partial charge is 0.415 e. The van der Waals surface area contributed by atoms with Gasteiger partial charge in [-0.1, -0.05) is 75.0 Å². The van der Waals surface area contributed by atoms with Crippen molar-refractivity contribution >= 4 is 23.8 Å². The first-order valence-electron chi connectivity index (χ1n) is 15.5. The van der Waals surface area contributed by atoms with E-state index in [1.807, 2.05) is 62.4 Å². The first-order chi connectivity index (χ1) is 21.3. The zero-order chi connectivity index (χ0) is 33.3. The SMILES string of the molecule is C=C(C)OC(=O)N(C)[C@@H](C)C(=O)N[C@H](C(=O)N(C)[C@H](C(=O)NC1CCCc2ccccc21)C(C)OCc1ccccc1)C(C)C. The number of carbonyl (C=O) groups is 4. The number of amides is 4. The summed E-state index contributed by atoms with van der Waals surface area (Å²) >= 11 is 0. The molecular formula is C35H48N4O6. The lowest BCUT2D eigenvalue weighted by molar-refractivity contribution is -0.148. The fraction of sp³-hybridized carbons (Fsp3) is 0.486. The number of carbonyl (C=O) groups excluding carboxylic acids is 4. The Balaban J connectivity index is 1.83. The van der Waals surface area contributed by atoms with Crippen LogP contribution in [0.15, 0.2) is 66.9 Å². The summed E-state index contributed by atoms with van der Waals surface area (Å²) in [7, 11) is 2.99. The second-order valence-electron chi connectivity index (χ2n) is 12.1. The van der Waals surface area contributed by atoms with Crippen LogP contribution in [0.25, 0.3) is 0 Å². The highest BCUT2D eigenvalue weighted by molar-refractivity contribution is 5.94. The largest absolute Gasteiger partial charge is 0.416 e. The van der Waals surface area contributed by atoms with E-state index in [1.165, 1.54) is 24.4 Å². The van der Waals surface area contributed by atoms with Crippen LogP contribution in [0, 0.1) is 5.92 Å². The fourth-order valence-electron chi connectivity index (χ4n) is 5.46. The number of likely N-dealkylation sites (N-methyl/N-ethyl adjacent to an activating group) is 2. The zero-order valence-corrected chi connectivity index (χ0v) is 27.5. The lowest BCUT2D eigenvalue weighted by atomic mass is 9.87. The molecule has 1 aliphatic rings. The summed E-state index contributed by atoms with van der Waals surface area (Å²) < 4.78 is 11.2. The van der Waals surface area contributed by atoms with Crippen molar-refractivity contribution in [3.8, 4) is 0 Å². The van der Waals surface area contributed by atoms with E-state index < -0.39 is 42.1 Å². The minimum atomic E-state index is -0.987. The van der Waals surface area contributed by atoms with E-state index in [-0.39, 0.29) is 30.2 Å². The molecule has 10 nitrogen and oxygen atoms in total. The molecule has 3 rings (SSSR count). The molecule has 0 spiro atoms. The van der Waals surface area contributed by atoms with E-state index in [1.54, 1.807) is 20.9 Å². The third-order valence-electron chi connectivity index (χ3n) is 8.26. The first-order valence-corrected chi connectivity index (χ1v) is 15.5. The molecule has 2 N–H and O–H groups in total. The minimum absolute atomic E-state index is 0.189. The van der Waals surface area contributed by atoms with Crippen LogP contribution in [-0.2, 0) is 36.9 Å². The van der Waals surface area contributed by atoms with Gasteiger partial charge in [0.25, 0.3) is 0 Å². The highest BCUT2D eigenvalue weighted by atomic mass is 16.6. The predicted molar refractivity (Wildman–Crippen MR) is 173 cm³/mol. The summed E-state index contributed by atoms with van der Waals surface area (Å²) in [6.45, 7) is 12.3. The maximum atomic E-state index is 14.1. The number of hydrogen-bond donors (Lipinski definition) is 2. The number of rotatable bonds is 13. The topological polar surface area (TPSA) is 117 Å². The highest BCUT2D eigenvalue weighted by Crippen LogP contribution is 2.30. The van der Waals surface area contributed by atoms with E-state index >= 15 is 0 Å². The van der Waals surface area contributed by atoms with Gasteiger partial charge in [0.15, 0.2) is 0 Å². The molecule has 1 aliphatic carbocycles. The molecule has 5 atom stereocenters. The Morgan fingerprint density at radius 1 is 0.933 bits per heavy atom. The number of aryl methyl sites for hydroxylation is 1. The Morgan fingerprint density at radius 2 is 1.58 bits per heavy atom. The lowest BCUT2D eigenvalue weighted by Crippen LogP contribution is -2.60. The van der Waals surface area contributed by atoms with Gasteiger partial charge in [-0.05, 0) is 62.6 Å². The van der Waals surface area contributed by atoms with Gasteiger partial charge in [-0.3, -0.25) is 19.3 Å². The van der Waals surface area contributed by atoms with Crippen LogP contribution in [-0.4, -0.2) is 71.9 Å². The summed E-state index contributed by atoms with van der Waals surface area (Å²) in [6, 6.07) is 14.6. The molecule has 0 radical (unpaired) electrons. The van der Waals surface area contributed by atoms with Crippen molar-refractivity contribution in [2.45, 2.75) is 90.8 Å². The summed E-state index contributed by atoms with van der Waals surface area (Å²) in [5.74, 6) is -1.45. The number of benzene rings is 2. The third-order valence-corrected chi connectivity index (χ3v) is 8.26. The van der Waals surface area contributed by atoms with Gasteiger partial charge < -0.3 is 25.0 Å². The average molecular weight is 621 g/mol. The Bertz CT molecular complexity index is 1350. The van der Waals surface area contributed by atoms with Gasteiger partial charge in [0.1, 0.15) is 18.1 Å². The molecule has 2 unspecified atom stereocenters. The molecule has 10 heteroatoms. The summed E-state index contributed by atoms with van der Waals surface area (Å²) in [4.78, 5) is 56.2. The standard InChI is InChI=1S/C35H48N4O6/c1-22(2)30(37-32(40)24(5)38(7)35(43)45-23(3)4)34(42)39(8)31(25(6)44-21-26-15-10-9-11-16-26)33(41)36-29-20-14-18-27-17-12-13-19-28(27)29/h9-13,15-17,19,22,24-25,29-31H,3,14,18,20-21H2,1-2,4-8H3,(H,36,41)(H,37,40)/t24-,25?,29?,30-,31-/m0/s1. The Kier molecular flexibility index (Phi) is 12.7. The Hall–Kier alpha value is -4.18. The number of ether oxygens (including phenoxy) is 2. The van der Waals surface area contributed by atoms with Crippen LogP contribution in [0.4, 0.5) is 4.79 Å². The molecule has 0 aromatic heterocycles. The lowest BCUT2D eigenvalue weighted by Gasteiger charge is -2.37. The molecule has 0 heterocycles. The van der Waals surface area contributed by atoms with E-state index in [4.69, 9.17) is 9.47 Å². The molecular weight excluding hydrogens is 572 g/mol. The normalized spacial score (nSPS) is 16.8. The van der Waals surface area contributed by atoms with Crippen LogP contribution >= 0.6 is 0 Å². The maximum absolute atomic E-state index is 14.1. The summed E-state index contributed by atoms with van der Waals surface area (Å²) in [6.07, 6.45) is 1.27. The van der Waals surface area contributed by atoms with Crippen molar-refractivity contribution in [2.75, 3.05) is 14.1 Å². The second-order valence-corrected chi connectivity index (χ2v) is 12.1. The van der Waals surface area contributed by atoms with Crippen molar-refractivity contribution in [2.24, 2.45) is 5.92 Å². The van der Waals surface area contributed by atoms with Crippen molar-refractivity contribution in [3.63, 3.8) is 0 Å². The molecule has 0 saturated carbocycles. The van der Waals surface area contributed by atoms with E-state index in [0.29, 0.717) is 0 Å². The van der Waals surface area contributed by atoms with Crippen LogP contribution in [0.3, 0.4) is 0 Å².